The molecule has 4 nitrogen and oxygen atoms in total. The van der Waals surface area contributed by atoms with Crippen LogP contribution in [0.2, 0.25) is 0 Å². The van der Waals surface area contributed by atoms with E-state index < -0.39 is 35.3 Å². The number of ether oxygens (including phenoxy) is 1. The van der Waals surface area contributed by atoms with Crippen molar-refractivity contribution in [1.82, 2.24) is 0 Å². The van der Waals surface area contributed by atoms with E-state index in [0.29, 0.717) is 10.2 Å². The van der Waals surface area contributed by atoms with E-state index in [2.05, 4.69) is 15.9 Å². The summed E-state index contributed by atoms with van der Waals surface area (Å²) in [5.74, 6) is -5.29. The number of carbonyl (C=O) groups is 2. The quantitative estimate of drug-likeness (QED) is 0.728. The number of esters is 1. The number of likely N-dealkylation sites (N-methyl/N-ethyl adjacent to an activating group) is 1. The summed E-state index contributed by atoms with van der Waals surface area (Å²) in [4.78, 5) is 25.9. The molecule has 3 atom stereocenters. The second-order valence-electron chi connectivity index (χ2n) is 5.64. The monoisotopic (exact) mass is 391 g/mol. The smallest absolute Gasteiger partial charge is 0.394 e. The highest BCUT2D eigenvalue weighted by molar-refractivity contribution is 9.10. The number of rotatable bonds is 2. The van der Waals surface area contributed by atoms with Gasteiger partial charge in [-0.3, -0.25) is 9.59 Å². The van der Waals surface area contributed by atoms with Crippen molar-refractivity contribution in [1.29, 1.82) is 0 Å². The summed E-state index contributed by atoms with van der Waals surface area (Å²) in [6.07, 6.45) is -4.67. The lowest BCUT2D eigenvalue weighted by Crippen LogP contribution is -2.33. The SMILES string of the molecule is CCOC(=O)[C@H]1[C@H](C(F)(F)F)[C@]12C(=O)N(C)c1ccc(Br)cc12. The molecular formula is C15H13BrF3NO3. The van der Waals surface area contributed by atoms with Crippen molar-refractivity contribution in [2.24, 2.45) is 11.8 Å². The average molecular weight is 392 g/mol. The summed E-state index contributed by atoms with van der Waals surface area (Å²) in [5.41, 5.74) is -1.29. The third-order valence-corrected chi connectivity index (χ3v) is 5.02. The molecule has 0 aromatic heterocycles. The van der Waals surface area contributed by atoms with Crippen LogP contribution in [0.4, 0.5) is 18.9 Å². The zero-order valence-corrected chi connectivity index (χ0v) is 13.9. The fraction of sp³-hybridized carbons (Fsp3) is 0.467. The molecule has 1 aliphatic heterocycles. The maximum atomic E-state index is 13.5. The van der Waals surface area contributed by atoms with E-state index in [0.717, 1.165) is 0 Å². The van der Waals surface area contributed by atoms with Crippen LogP contribution in [0.5, 0.6) is 0 Å². The summed E-state index contributed by atoms with van der Waals surface area (Å²) in [7, 11) is 1.41. The van der Waals surface area contributed by atoms with Gasteiger partial charge >= 0.3 is 12.1 Å². The van der Waals surface area contributed by atoms with Gasteiger partial charge in [-0.1, -0.05) is 15.9 Å². The van der Waals surface area contributed by atoms with Crippen molar-refractivity contribution >= 4 is 33.5 Å². The summed E-state index contributed by atoms with van der Waals surface area (Å²) in [6.45, 7) is 1.48. The number of alkyl halides is 3. The van der Waals surface area contributed by atoms with Crippen molar-refractivity contribution < 1.29 is 27.5 Å². The fourth-order valence-corrected chi connectivity index (χ4v) is 3.99. The molecule has 1 aliphatic carbocycles. The van der Waals surface area contributed by atoms with Crippen molar-refractivity contribution in [3.63, 3.8) is 0 Å². The Hall–Kier alpha value is -1.57. The number of fused-ring (bicyclic) bond motifs is 2. The normalized spacial score (nSPS) is 29.0. The van der Waals surface area contributed by atoms with Crippen molar-refractivity contribution in [2.45, 2.75) is 18.5 Å². The predicted octanol–water partition coefficient (Wildman–Crippen LogP) is 3.03. The van der Waals surface area contributed by atoms with Crippen LogP contribution >= 0.6 is 15.9 Å². The molecule has 1 aromatic rings. The minimum absolute atomic E-state index is 0.0363. The van der Waals surface area contributed by atoms with Gasteiger partial charge in [-0.25, -0.2) is 0 Å². The molecule has 3 rings (SSSR count). The van der Waals surface area contributed by atoms with Gasteiger partial charge in [0.15, 0.2) is 0 Å². The standard InChI is InChI=1S/C15H13BrF3NO3/c1-3-23-12(21)10-11(15(17,18)19)14(10)8-6-7(16)4-5-9(8)20(2)13(14)22/h4-6,10-11H,3H2,1-2H3/t10-,11+,14-/m1/s1. The maximum absolute atomic E-state index is 13.5. The molecule has 0 saturated heterocycles. The molecule has 1 spiro atoms. The number of carbonyl (C=O) groups excluding carboxylic acids is 2. The van der Waals surface area contributed by atoms with E-state index in [9.17, 15) is 22.8 Å². The first-order valence-corrected chi connectivity index (χ1v) is 7.78. The third kappa shape index (κ3) is 2.03. The third-order valence-electron chi connectivity index (χ3n) is 4.52. The Balaban J connectivity index is 2.18. The zero-order valence-electron chi connectivity index (χ0n) is 12.3. The maximum Gasteiger partial charge on any atom is 0.394 e. The number of benzene rings is 1. The van der Waals surface area contributed by atoms with Gasteiger partial charge < -0.3 is 9.64 Å². The molecular weight excluding hydrogens is 379 g/mol. The van der Waals surface area contributed by atoms with Crippen LogP contribution < -0.4 is 4.90 Å². The van der Waals surface area contributed by atoms with Gasteiger partial charge in [0.05, 0.1) is 18.4 Å². The molecule has 124 valence electrons. The van der Waals surface area contributed by atoms with Crippen LogP contribution in [0.15, 0.2) is 22.7 Å². The number of amides is 1. The van der Waals surface area contributed by atoms with Crippen LogP contribution in [0, 0.1) is 11.8 Å². The molecule has 0 unspecified atom stereocenters. The molecule has 23 heavy (non-hydrogen) atoms. The highest BCUT2D eigenvalue weighted by atomic mass is 79.9. The van der Waals surface area contributed by atoms with Crippen LogP contribution in [-0.4, -0.2) is 31.7 Å². The van der Waals surface area contributed by atoms with Gasteiger partial charge in [-0.15, -0.1) is 0 Å². The second-order valence-corrected chi connectivity index (χ2v) is 6.56. The Kier molecular flexibility index (Phi) is 3.51. The summed E-state index contributed by atoms with van der Waals surface area (Å²) >= 11 is 3.22. The fourth-order valence-electron chi connectivity index (χ4n) is 3.62. The molecule has 1 saturated carbocycles. The van der Waals surface area contributed by atoms with Crippen molar-refractivity contribution in [3.8, 4) is 0 Å². The molecule has 1 fully saturated rings. The van der Waals surface area contributed by atoms with Gasteiger partial charge in [0.2, 0.25) is 5.91 Å². The molecule has 2 aliphatic rings. The first-order valence-electron chi connectivity index (χ1n) is 6.98. The predicted molar refractivity (Wildman–Crippen MR) is 78.9 cm³/mol. The molecule has 1 aromatic carbocycles. The number of nitrogens with zero attached hydrogens (tertiary/aromatic N) is 1. The Labute approximate surface area is 138 Å². The van der Waals surface area contributed by atoms with E-state index in [4.69, 9.17) is 4.74 Å². The number of halogens is 4. The molecule has 0 radical (unpaired) electrons. The number of hydrogen-bond donors (Lipinski definition) is 0. The van der Waals surface area contributed by atoms with E-state index in [-0.39, 0.29) is 12.2 Å². The molecule has 1 amide bonds. The van der Waals surface area contributed by atoms with Crippen molar-refractivity contribution in [2.75, 3.05) is 18.6 Å². The van der Waals surface area contributed by atoms with Crippen LogP contribution in [-0.2, 0) is 19.7 Å². The van der Waals surface area contributed by atoms with Gasteiger partial charge in [0, 0.05) is 17.2 Å². The lowest BCUT2D eigenvalue weighted by Gasteiger charge is -2.12. The highest BCUT2D eigenvalue weighted by Gasteiger charge is 2.85. The largest absolute Gasteiger partial charge is 0.466 e. The van der Waals surface area contributed by atoms with Gasteiger partial charge in [-0.2, -0.15) is 13.2 Å². The molecule has 0 bridgehead atoms. The van der Waals surface area contributed by atoms with E-state index in [1.807, 2.05) is 0 Å². The first kappa shape index (κ1) is 16.3. The molecule has 0 N–H and O–H groups in total. The Bertz CT molecular complexity index is 706. The summed E-state index contributed by atoms with van der Waals surface area (Å²) in [6, 6.07) is 4.70. The lowest BCUT2D eigenvalue weighted by atomic mass is 9.93. The van der Waals surface area contributed by atoms with Gasteiger partial charge in [0.1, 0.15) is 5.41 Å². The first-order chi connectivity index (χ1) is 10.7. The Morgan fingerprint density at radius 2 is 2.09 bits per heavy atom. The van der Waals surface area contributed by atoms with Crippen LogP contribution in [0.25, 0.3) is 0 Å². The lowest BCUT2D eigenvalue weighted by molar-refractivity contribution is -0.164. The topological polar surface area (TPSA) is 46.6 Å². The molecule has 8 heteroatoms. The van der Waals surface area contributed by atoms with Crippen LogP contribution in [0.1, 0.15) is 12.5 Å². The minimum Gasteiger partial charge on any atom is -0.466 e. The second kappa shape index (κ2) is 4.96. The number of anilines is 1. The number of hydrogen-bond acceptors (Lipinski definition) is 3. The highest BCUT2D eigenvalue weighted by Crippen LogP contribution is 2.71. The van der Waals surface area contributed by atoms with E-state index in [1.165, 1.54) is 24.9 Å². The average Bonchev–Trinajstić information content (AvgIpc) is 3.12. The van der Waals surface area contributed by atoms with E-state index in [1.54, 1.807) is 12.1 Å². The Morgan fingerprint density at radius 1 is 1.43 bits per heavy atom. The minimum atomic E-state index is -4.67. The zero-order chi connectivity index (χ0) is 17.2. The van der Waals surface area contributed by atoms with Crippen molar-refractivity contribution in [3.05, 3.63) is 28.2 Å². The van der Waals surface area contributed by atoms with E-state index >= 15 is 0 Å². The Morgan fingerprint density at radius 3 is 2.65 bits per heavy atom. The molecule has 1 heterocycles. The summed E-state index contributed by atoms with van der Waals surface area (Å²) in [5, 5.41) is 0. The van der Waals surface area contributed by atoms with Gasteiger partial charge in [-0.05, 0) is 30.7 Å². The van der Waals surface area contributed by atoms with Gasteiger partial charge in [0.25, 0.3) is 0 Å². The van der Waals surface area contributed by atoms with Crippen LogP contribution in [0.3, 0.4) is 0 Å². The summed E-state index contributed by atoms with van der Waals surface area (Å²) < 4.78 is 45.8.